The van der Waals surface area contributed by atoms with Gasteiger partial charge in [-0.15, -0.1) is 0 Å². The van der Waals surface area contributed by atoms with E-state index < -0.39 is 53.4 Å². The van der Waals surface area contributed by atoms with Crippen LogP contribution in [0.15, 0.2) is 48.5 Å². The van der Waals surface area contributed by atoms with Crippen molar-refractivity contribution in [2.45, 2.75) is 55.3 Å². The number of aryl methyl sites for hydroxylation is 1. The third-order valence-electron chi connectivity index (χ3n) is 7.92. The van der Waals surface area contributed by atoms with E-state index in [2.05, 4.69) is 21.2 Å². The fourth-order valence-electron chi connectivity index (χ4n) is 6.39. The maximum Gasteiger partial charge on any atom is 0.312 e. The van der Waals surface area contributed by atoms with Crippen molar-refractivity contribution in [3.05, 3.63) is 64.7 Å². The second-order valence-corrected chi connectivity index (χ2v) is 11.7. The first-order valence-electron chi connectivity index (χ1n) is 12.7. The number of rotatable bonds is 8. The predicted octanol–water partition coefficient (Wildman–Crippen LogP) is 3.50. The number of aliphatic hydroxyl groups excluding tert-OH is 1. The van der Waals surface area contributed by atoms with Gasteiger partial charge in [0.15, 0.2) is 0 Å². The second kappa shape index (κ2) is 10.6. The van der Waals surface area contributed by atoms with Crippen LogP contribution >= 0.6 is 27.5 Å². The Hall–Kier alpha value is -2.46. The summed E-state index contributed by atoms with van der Waals surface area (Å²) in [5.74, 6) is -3.16. The fourth-order valence-corrected chi connectivity index (χ4v) is 7.60. The van der Waals surface area contributed by atoms with Gasteiger partial charge in [-0.3, -0.25) is 14.4 Å². The Labute approximate surface area is 234 Å². The maximum atomic E-state index is 14.2. The molecule has 2 N–H and O–H groups in total. The smallest absolute Gasteiger partial charge is 0.312 e. The van der Waals surface area contributed by atoms with Gasteiger partial charge in [0.25, 0.3) is 0 Å². The number of benzene rings is 2. The first-order valence-corrected chi connectivity index (χ1v) is 14.0. The molecule has 0 radical (unpaired) electrons. The lowest BCUT2D eigenvalue weighted by Gasteiger charge is -2.37. The largest absolute Gasteiger partial charge is 0.466 e. The van der Waals surface area contributed by atoms with E-state index in [9.17, 15) is 19.5 Å². The molecule has 3 aliphatic heterocycles. The van der Waals surface area contributed by atoms with E-state index in [0.29, 0.717) is 23.6 Å². The minimum atomic E-state index is -1.27. The molecule has 2 aromatic carbocycles. The number of halogens is 2. The van der Waals surface area contributed by atoms with Crippen LogP contribution in [0, 0.1) is 18.8 Å². The van der Waals surface area contributed by atoms with E-state index in [1.165, 1.54) is 4.90 Å². The summed E-state index contributed by atoms with van der Waals surface area (Å²) in [6.07, 6.45) is 0.0689. The molecule has 0 aliphatic carbocycles. The van der Waals surface area contributed by atoms with Gasteiger partial charge in [0, 0.05) is 4.83 Å². The fraction of sp³-hybridized carbons (Fsp3) is 0.464. The number of anilines is 1. The molecule has 5 rings (SSSR count). The highest BCUT2D eigenvalue weighted by Crippen LogP contribution is 2.60. The predicted molar refractivity (Wildman–Crippen MR) is 145 cm³/mol. The summed E-state index contributed by atoms with van der Waals surface area (Å²) < 4.78 is 11.8. The van der Waals surface area contributed by atoms with Crippen LogP contribution in [0.3, 0.4) is 0 Å². The van der Waals surface area contributed by atoms with Gasteiger partial charge in [0.2, 0.25) is 11.8 Å². The average Bonchev–Trinajstić information content (AvgIpc) is 3.49. The summed E-state index contributed by atoms with van der Waals surface area (Å²) in [6.45, 7) is 3.33. The van der Waals surface area contributed by atoms with Gasteiger partial charge in [-0.1, -0.05) is 70.0 Å². The van der Waals surface area contributed by atoms with Crippen LogP contribution in [-0.4, -0.2) is 69.6 Å². The topological polar surface area (TPSA) is 105 Å². The highest BCUT2D eigenvalue weighted by molar-refractivity contribution is 9.09. The molecule has 3 aliphatic rings. The molecule has 0 aromatic heterocycles. The number of ether oxygens (including phenoxy) is 2. The molecule has 3 heterocycles. The Kier molecular flexibility index (Phi) is 7.57. The number of likely N-dealkylation sites (tertiary alicyclic amines) is 1. The third kappa shape index (κ3) is 4.33. The molecule has 202 valence electrons. The number of aliphatic hydroxyl groups is 1. The van der Waals surface area contributed by atoms with Crippen LogP contribution in [0.4, 0.5) is 5.69 Å². The number of carbonyl (C=O) groups excluding carboxylic acids is 3. The molecule has 8 nitrogen and oxygen atoms in total. The zero-order chi connectivity index (χ0) is 27.2. The molecule has 2 bridgehead atoms. The van der Waals surface area contributed by atoms with Crippen molar-refractivity contribution in [1.29, 1.82) is 0 Å². The lowest BCUT2D eigenvalue weighted by atomic mass is 9.70. The SMILES string of the molecule is CCOC(=O)[C@@H]1[C@H]2O[C@@]3(CC2Br)[C@H](C(=O)Nc2c(C)cccc2Cl)N([C@@H](CO)Cc2ccccc2)C(=O)[C@@H]13. The van der Waals surface area contributed by atoms with E-state index in [-0.39, 0.29) is 18.0 Å². The molecule has 7 atom stereocenters. The van der Waals surface area contributed by atoms with Crippen molar-refractivity contribution in [3.8, 4) is 0 Å². The average molecular weight is 606 g/mol. The van der Waals surface area contributed by atoms with Crippen molar-refractivity contribution in [2.75, 3.05) is 18.5 Å². The lowest BCUT2D eigenvalue weighted by Crippen LogP contribution is -2.57. The quantitative estimate of drug-likeness (QED) is 0.353. The molecule has 2 aromatic rings. The van der Waals surface area contributed by atoms with Crippen LogP contribution in [0.25, 0.3) is 0 Å². The molecular weight excluding hydrogens is 576 g/mol. The Morgan fingerprint density at radius 2 is 2.00 bits per heavy atom. The van der Waals surface area contributed by atoms with E-state index in [4.69, 9.17) is 21.1 Å². The summed E-state index contributed by atoms with van der Waals surface area (Å²) in [6, 6.07) is 12.9. The number of para-hydroxylation sites is 1. The number of hydrogen-bond acceptors (Lipinski definition) is 6. The molecule has 3 fully saturated rings. The summed E-state index contributed by atoms with van der Waals surface area (Å²) in [5, 5.41) is 13.8. The number of esters is 1. The minimum Gasteiger partial charge on any atom is -0.466 e. The number of nitrogens with one attached hydrogen (secondary N) is 1. The Morgan fingerprint density at radius 3 is 2.66 bits per heavy atom. The number of alkyl halides is 1. The zero-order valence-corrected chi connectivity index (χ0v) is 23.4. The molecular formula is C28H30BrClN2O6. The number of nitrogens with zero attached hydrogens (tertiary/aromatic N) is 1. The summed E-state index contributed by atoms with van der Waals surface area (Å²) in [7, 11) is 0. The Morgan fingerprint density at radius 1 is 1.26 bits per heavy atom. The summed E-state index contributed by atoms with van der Waals surface area (Å²) in [4.78, 5) is 42.6. The first-order chi connectivity index (χ1) is 18.2. The normalized spacial score (nSPS) is 30.3. The van der Waals surface area contributed by atoms with Crippen molar-refractivity contribution >= 4 is 51.0 Å². The van der Waals surface area contributed by atoms with Gasteiger partial charge in [0.1, 0.15) is 11.6 Å². The van der Waals surface area contributed by atoms with Crippen LogP contribution in [0.2, 0.25) is 5.02 Å². The van der Waals surface area contributed by atoms with Gasteiger partial charge in [-0.25, -0.2) is 0 Å². The van der Waals surface area contributed by atoms with E-state index in [1.807, 2.05) is 43.3 Å². The molecule has 3 saturated heterocycles. The van der Waals surface area contributed by atoms with E-state index >= 15 is 0 Å². The highest BCUT2D eigenvalue weighted by atomic mass is 79.9. The van der Waals surface area contributed by atoms with Gasteiger partial charge in [0.05, 0.1) is 47.9 Å². The van der Waals surface area contributed by atoms with Crippen molar-refractivity contribution in [3.63, 3.8) is 0 Å². The number of amides is 2. The maximum absolute atomic E-state index is 14.2. The van der Waals surface area contributed by atoms with Crippen molar-refractivity contribution in [2.24, 2.45) is 11.8 Å². The van der Waals surface area contributed by atoms with Gasteiger partial charge in [-0.05, 0) is 43.9 Å². The van der Waals surface area contributed by atoms with Crippen LogP contribution in [0.5, 0.6) is 0 Å². The summed E-state index contributed by atoms with van der Waals surface area (Å²) in [5.41, 5.74) is 0.843. The number of carbonyl (C=O) groups is 3. The first kappa shape index (κ1) is 27.1. The van der Waals surface area contributed by atoms with Crippen LogP contribution in [-0.2, 0) is 30.3 Å². The summed E-state index contributed by atoms with van der Waals surface area (Å²) >= 11 is 10.1. The van der Waals surface area contributed by atoms with Crippen LogP contribution in [0.1, 0.15) is 24.5 Å². The second-order valence-electron chi connectivity index (χ2n) is 10.1. The number of fused-ring (bicyclic) bond motifs is 1. The highest BCUT2D eigenvalue weighted by Gasteiger charge is 2.77. The van der Waals surface area contributed by atoms with Crippen LogP contribution < -0.4 is 5.32 Å². The standard InChI is InChI=1S/C28H30BrClN2O6/c1-3-37-27(36)20-21-26(35)32(17(14-33)12-16-9-5-4-6-10-16)24(28(21)13-18(29)23(20)38-28)25(34)31-22-15(2)8-7-11-19(22)30/h4-11,17-18,20-21,23-24,33H,3,12-14H2,1-2H3,(H,31,34)/t17-,18?,20+,21-,23+,24+,28-/m1/s1. The molecule has 1 spiro atoms. The van der Waals surface area contributed by atoms with Gasteiger partial charge in [-0.2, -0.15) is 0 Å². The van der Waals surface area contributed by atoms with Gasteiger partial charge >= 0.3 is 5.97 Å². The zero-order valence-electron chi connectivity index (χ0n) is 21.1. The molecule has 2 amide bonds. The van der Waals surface area contributed by atoms with Crippen molar-refractivity contribution < 1.29 is 29.0 Å². The minimum absolute atomic E-state index is 0.162. The third-order valence-corrected chi connectivity index (χ3v) is 9.08. The number of hydrogen-bond donors (Lipinski definition) is 2. The Balaban J connectivity index is 1.58. The molecule has 0 saturated carbocycles. The molecule has 10 heteroatoms. The Bertz CT molecular complexity index is 1220. The van der Waals surface area contributed by atoms with Gasteiger partial charge < -0.3 is 24.8 Å². The monoisotopic (exact) mass is 604 g/mol. The molecule has 1 unspecified atom stereocenters. The van der Waals surface area contributed by atoms with E-state index in [1.54, 1.807) is 19.1 Å². The lowest BCUT2D eigenvalue weighted by molar-refractivity contribution is -0.155. The van der Waals surface area contributed by atoms with E-state index in [0.717, 1.165) is 11.1 Å². The van der Waals surface area contributed by atoms with Crippen molar-refractivity contribution in [1.82, 2.24) is 4.90 Å². The molecule has 38 heavy (non-hydrogen) atoms.